The van der Waals surface area contributed by atoms with Crippen LogP contribution in [0.4, 0.5) is 4.79 Å². The van der Waals surface area contributed by atoms with Gasteiger partial charge >= 0.3 is 12.0 Å². The molecule has 0 bridgehead atoms. The number of hydrogen-bond acceptors (Lipinski definition) is 8. The summed E-state index contributed by atoms with van der Waals surface area (Å²) in [7, 11) is 0. The molecule has 12 heteroatoms. The van der Waals surface area contributed by atoms with E-state index in [9.17, 15) is 19.5 Å². The van der Waals surface area contributed by atoms with Crippen LogP contribution in [-0.4, -0.2) is 74.1 Å². The molecule has 2 aliphatic heterocycles. The van der Waals surface area contributed by atoms with Gasteiger partial charge in [-0.15, -0.1) is 28.5 Å². The molecule has 0 aliphatic carbocycles. The van der Waals surface area contributed by atoms with Gasteiger partial charge in [0.1, 0.15) is 16.8 Å². The van der Waals surface area contributed by atoms with Crippen LogP contribution in [0.1, 0.15) is 0 Å². The van der Waals surface area contributed by atoms with E-state index in [0.29, 0.717) is 12.3 Å². The largest absolute Gasteiger partial charge is 0.481 e. The fraction of sp³-hybridized carbons (Fsp3) is 0.500. The summed E-state index contributed by atoms with van der Waals surface area (Å²) in [6.07, 6.45) is 2.71. The average molecular weight is 399 g/mol. The third kappa shape index (κ3) is 3.51. The Balaban J connectivity index is 1.61. The van der Waals surface area contributed by atoms with Crippen LogP contribution in [0.5, 0.6) is 0 Å². The number of urea groups is 1. The zero-order chi connectivity index (χ0) is 18.7. The molecule has 3 rings (SSSR count). The number of aromatic nitrogens is 2. The molecule has 140 valence electrons. The molecular formula is C14H17N5O5S2. The Morgan fingerprint density at radius 1 is 1.62 bits per heavy atom. The summed E-state index contributed by atoms with van der Waals surface area (Å²) in [5.41, 5.74) is -1.12. The van der Waals surface area contributed by atoms with E-state index in [4.69, 9.17) is 4.42 Å². The Hall–Kier alpha value is -2.21. The number of carbonyl (C=O) groups is 3. The van der Waals surface area contributed by atoms with E-state index in [2.05, 4.69) is 27.4 Å². The molecular weight excluding hydrogens is 382 g/mol. The molecule has 3 atom stereocenters. The maximum atomic E-state index is 12.4. The monoisotopic (exact) mass is 399 g/mol. The first-order valence-electron chi connectivity index (χ1n) is 7.66. The number of nitrogens with zero attached hydrogens (tertiary/aromatic N) is 3. The maximum Gasteiger partial charge on any atom is 0.315 e. The molecule has 0 radical (unpaired) electrons. The van der Waals surface area contributed by atoms with E-state index >= 15 is 0 Å². The van der Waals surface area contributed by atoms with Gasteiger partial charge in [-0.25, -0.2) is 4.79 Å². The summed E-state index contributed by atoms with van der Waals surface area (Å²) >= 11 is 2.49. The second-order valence-electron chi connectivity index (χ2n) is 5.87. The number of carboxylic acids is 1. The van der Waals surface area contributed by atoms with Gasteiger partial charge < -0.3 is 25.1 Å². The van der Waals surface area contributed by atoms with Crippen LogP contribution in [0.25, 0.3) is 0 Å². The highest BCUT2D eigenvalue weighted by Gasteiger charge is 2.57. The Morgan fingerprint density at radius 2 is 2.42 bits per heavy atom. The molecule has 0 spiro atoms. The maximum absolute atomic E-state index is 12.4. The molecule has 2 fully saturated rings. The van der Waals surface area contributed by atoms with Gasteiger partial charge in [-0.05, 0) is 0 Å². The lowest BCUT2D eigenvalue weighted by molar-refractivity contribution is -0.156. The van der Waals surface area contributed by atoms with E-state index in [1.807, 2.05) is 0 Å². The third-order valence-electron chi connectivity index (χ3n) is 4.10. The van der Waals surface area contributed by atoms with Crippen molar-refractivity contribution in [2.24, 2.45) is 5.41 Å². The lowest BCUT2D eigenvalue weighted by Crippen LogP contribution is -2.74. The Kier molecular flexibility index (Phi) is 5.41. The van der Waals surface area contributed by atoms with Crippen LogP contribution < -0.4 is 10.6 Å². The Labute approximate surface area is 157 Å². The number of aliphatic carboxylic acids is 1. The Morgan fingerprint density at radius 3 is 3.08 bits per heavy atom. The van der Waals surface area contributed by atoms with Crippen molar-refractivity contribution in [2.45, 2.75) is 16.6 Å². The number of thioether (sulfide) groups is 2. The SMILES string of the molecule is C=CCNC(=O)NC1C(=O)N2CC(CSc3nnco3)(C(=O)O)CS[C@H]12. The minimum Gasteiger partial charge on any atom is -0.481 e. The second-order valence-corrected chi connectivity index (χ2v) is 7.90. The zero-order valence-corrected chi connectivity index (χ0v) is 15.2. The number of amides is 3. The molecule has 10 nitrogen and oxygen atoms in total. The summed E-state index contributed by atoms with van der Waals surface area (Å²) in [6.45, 7) is 3.87. The minimum absolute atomic E-state index is 0.0758. The minimum atomic E-state index is -1.12. The van der Waals surface area contributed by atoms with Gasteiger partial charge in [0, 0.05) is 24.6 Å². The highest BCUT2D eigenvalue weighted by Crippen LogP contribution is 2.44. The fourth-order valence-electron chi connectivity index (χ4n) is 2.69. The predicted octanol–water partition coefficient (Wildman–Crippen LogP) is 0.00160. The van der Waals surface area contributed by atoms with Crippen LogP contribution in [0, 0.1) is 5.41 Å². The molecule has 2 unspecified atom stereocenters. The third-order valence-corrected chi connectivity index (χ3v) is 6.81. The van der Waals surface area contributed by atoms with Crippen molar-refractivity contribution < 1.29 is 23.9 Å². The van der Waals surface area contributed by atoms with Gasteiger partial charge in [0.2, 0.25) is 12.3 Å². The van der Waals surface area contributed by atoms with Gasteiger partial charge in [-0.3, -0.25) is 9.59 Å². The van der Waals surface area contributed by atoms with Crippen LogP contribution in [0.3, 0.4) is 0 Å². The lowest BCUT2D eigenvalue weighted by Gasteiger charge is -2.53. The number of rotatable bonds is 7. The standard InChI is InChI=1S/C14H17N5O5S2/c1-2-3-15-12(23)17-8-9(20)19-4-14(11(21)22,5-25-10(8)19)6-26-13-18-16-7-24-13/h2,7-8,10H,1,3-6H2,(H,21,22)(H2,15,17,23)/t8?,10-,14?/m1/s1. The van der Waals surface area contributed by atoms with Crippen molar-refractivity contribution in [1.29, 1.82) is 0 Å². The van der Waals surface area contributed by atoms with Gasteiger partial charge in [0.25, 0.3) is 5.22 Å². The van der Waals surface area contributed by atoms with Gasteiger partial charge in [0.15, 0.2) is 0 Å². The lowest BCUT2D eigenvalue weighted by atomic mass is 9.89. The molecule has 3 N–H and O–H groups in total. The highest BCUT2D eigenvalue weighted by atomic mass is 32.2. The first-order chi connectivity index (χ1) is 12.5. The second kappa shape index (κ2) is 7.58. The average Bonchev–Trinajstić information content (AvgIpc) is 3.16. The number of hydrogen-bond donors (Lipinski definition) is 3. The smallest absolute Gasteiger partial charge is 0.315 e. The summed E-state index contributed by atoms with van der Waals surface area (Å²) in [5.74, 6) is -0.760. The van der Waals surface area contributed by atoms with E-state index in [0.717, 1.165) is 11.8 Å². The van der Waals surface area contributed by atoms with E-state index < -0.39 is 23.5 Å². The van der Waals surface area contributed by atoms with Crippen LogP contribution in [0.15, 0.2) is 28.7 Å². The number of carboxylic acid groups (broad SMARTS) is 1. The van der Waals surface area contributed by atoms with Crippen molar-refractivity contribution in [3.05, 3.63) is 19.0 Å². The van der Waals surface area contributed by atoms with Crippen molar-refractivity contribution >= 4 is 41.4 Å². The van der Waals surface area contributed by atoms with Crippen LogP contribution in [0.2, 0.25) is 0 Å². The van der Waals surface area contributed by atoms with Crippen molar-refractivity contribution in [1.82, 2.24) is 25.7 Å². The molecule has 1 aromatic rings. The number of β-lactam (4-membered cyclic amide) rings is 1. The molecule has 3 amide bonds. The molecule has 2 saturated heterocycles. The number of carbonyl (C=O) groups excluding carboxylic acids is 2. The van der Waals surface area contributed by atoms with Crippen LogP contribution in [-0.2, 0) is 9.59 Å². The van der Waals surface area contributed by atoms with Crippen molar-refractivity contribution in [3.8, 4) is 0 Å². The summed E-state index contributed by atoms with van der Waals surface area (Å²) in [4.78, 5) is 37.5. The van der Waals surface area contributed by atoms with Crippen molar-refractivity contribution in [3.63, 3.8) is 0 Å². The van der Waals surface area contributed by atoms with E-state index in [1.54, 1.807) is 0 Å². The van der Waals surface area contributed by atoms with Gasteiger partial charge in [0.05, 0.1) is 0 Å². The highest BCUT2D eigenvalue weighted by molar-refractivity contribution is 8.00. The summed E-state index contributed by atoms with van der Waals surface area (Å²) in [5, 5.41) is 22.2. The number of fused-ring (bicyclic) bond motifs is 1. The van der Waals surface area contributed by atoms with E-state index in [1.165, 1.54) is 29.1 Å². The fourth-order valence-corrected chi connectivity index (χ4v) is 5.29. The Bertz CT molecular complexity index is 715. The molecule has 0 saturated carbocycles. The normalized spacial score (nSPS) is 27.2. The summed E-state index contributed by atoms with van der Waals surface area (Å²) in [6, 6.07) is -1.11. The van der Waals surface area contributed by atoms with Gasteiger partial charge in [-0.1, -0.05) is 17.8 Å². The zero-order valence-electron chi connectivity index (χ0n) is 13.6. The first kappa shape index (κ1) is 18.6. The van der Waals surface area contributed by atoms with Crippen LogP contribution >= 0.6 is 23.5 Å². The number of nitrogens with one attached hydrogen (secondary N) is 2. The molecule has 26 heavy (non-hydrogen) atoms. The summed E-state index contributed by atoms with van der Waals surface area (Å²) < 4.78 is 5.02. The molecule has 0 aromatic carbocycles. The predicted molar refractivity (Wildman–Crippen MR) is 93.6 cm³/mol. The quantitative estimate of drug-likeness (QED) is 0.328. The topological polar surface area (TPSA) is 138 Å². The molecule has 1 aromatic heterocycles. The van der Waals surface area contributed by atoms with E-state index in [-0.39, 0.29) is 28.8 Å². The van der Waals surface area contributed by atoms with Gasteiger partial charge in [-0.2, -0.15) is 0 Å². The molecule has 3 heterocycles. The molecule has 2 aliphatic rings. The van der Waals surface area contributed by atoms with Crippen molar-refractivity contribution in [2.75, 3.05) is 24.6 Å². The first-order valence-corrected chi connectivity index (χ1v) is 9.70.